The predicted molar refractivity (Wildman–Crippen MR) is 78.5 cm³/mol. The molecule has 104 valence electrons. The van der Waals surface area contributed by atoms with Gasteiger partial charge in [-0.3, -0.25) is 0 Å². The van der Waals surface area contributed by atoms with Gasteiger partial charge in [0.05, 0.1) is 23.1 Å². The summed E-state index contributed by atoms with van der Waals surface area (Å²) in [4.78, 5) is 4.67. The molecule has 2 bridgehead atoms. The van der Waals surface area contributed by atoms with Crippen LogP contribution in [0.5, 0.6) is 0 Å². The van der Waals surface area contributed by atoms with Crippen LogP contribution in [0.1, 0.15) is 35.5 Å². The molecule has 3 heterocycles. The van der Waals surface area contributed by atoms with Crippen LogP contribution in [-0.2, 0) is 6.54 Å². The molecule has 4 heteroatoms. The van der Waals surface area contributed by atoms with E-state index in [0.29, 0.717) is 6.04 Å². The SMILES string of the molecule is Fc1ccc2c(c1)nc1n2C2CC1NCc1ccccc12. The third-order valence-electron chi connectivity index (χ3n) is 4.71. The van der Waals surface area contributed by atoms with Crippen molar-refractivity contribution in [3.05, 3.63) is 65.2 Å². The van der Waals surface area contributed by atoms with Crippen LogP contribution in [0.3, 0.4) is 0 Å². The average molecular weight is 279 g/mol. The Morgan fingerprint density at radius 2 is 2.10 bits per heavy atom. The van der Waals surface area contributed by atoms with E-state index < -0.39 is 0 Å². The van der Waals surface area contributed by atoms with Crippen LogP contribution in [-0.4, -0.2) is 9.55 Å². The lowest BCUT2D eigenvalue weighted by molar-refractivity contribution is 0.523. The normalized spacial score (nSPS) is 22.9. The Kier molecular flexibility index (Phi) is 2.14. The number of hydrogen-bond acceptors (Lipinski definition) is 2. The molecular formula is C17H14FN3. The summed E-state index contributed by atoms with van der Waals surface area (Å²) in [6.45, 7) is 0.870. The lowest BCUT2D eigenvalue weighted by atomic mass is 9.99. The van der Waals surface area contributed by atoms with E-state index >= 15 is 0 Å². The Morgan fingerprint density at radius 3 is 3.05 bits per heavy atom. The predicted octanol–water partition coefficient (Wildman–Crippen LogP) is 3.31. The second-order valence-electron chi connectivity index (χ2n) is 5.86. The van der Waals surface area contributed by atoms with E-state index in [1.807, 2.05) is 6.07 Å². The van der Waals surface area contributed by atoms with Crippen LogP contribution >= 0.6 is 0 Å². The summed E-state index contributed by atoms with van der Waals surface area (Å²) in [6.07, 6.45) is 1.02. The number of aromatic nitrogens is 2. The van der Waals surface area contributed by atoms with Crippen molar-refractivity contribution in [2.45, 2.75) is 25.0 Å². The Balaban J connectivity index is 1.81. The zero-order chi connectivity index (χ0) is 14.0. The van der Waals surface area contributed by atoms with E-state index in [1.54, 1.807) is 0 Å². The van der Waals surface area contributed by atoms with Crippen molar-refractivity contribution in [2.75, 3.05) is 0 Å². The summed E-state index contributed by atoms with van der Waals surface area (Å²) in [7, 11) is 0. The highest BCUT2D eigenvalue weighted by Gasteiger charge is 2.37. The maximum Gasteiger partial charge on any atom is 0.127 e. The fourth-order valence-corrected chi connectivity index (χ4v) is 3.79. The summed E-state index contributed by atoms with van der Waals surface area (Å²) in [5.74, 6) is 0.811. The summed E-state index contributed by atoms with van der Waals surface area (Å²) in [5.41, 5.74) is 4.48. The highest BCUT2D eigenvalue weighted by atomic mass is 19.1. The van der Waals surface area contributed by atoms with Gasteiger partial charge in [0, 0.05) is 12.6 Å². The average Bonchev–Trinajstić information content (AvgIpc) is 2.94. The number of benzene rings is 2. The van der Waals surface area contributed by atoms with Crippen LogP contribution < -0.4 is 5.32 Å². The standard InChI is InChI=1S/C17H14FN3/c18-11-5-6-15-13(7-11)20-17-14-8-16(21(15)17)12-4-2-1-3-10(12)9-19-14/h1-7,14,16,19H,8-9H2. The number of hydrogen-bond donors (Lipinski definition) is 1. The van der Waals surface area contributed by atoms with Gasteiger partial charge in [0.1, 0.15) is 11.6 Å². The molecular weight excluding hydrogens is 265 g/mol. The zero-order valence-electron chi connectivity index (χ0n) is 11.4. The Morgan fingerprint density at radius 1 is 1.19 bits per heavy atom. The molecule has 2 unspecified atom stereocenters. The maximum atomic E-state index is 13.4. The molecule has 2 aliphatic rings. The Labute approximate surface area is 121 Å². The third kappa shape index (κ3) is 1.48. The minimum absolute atomic E-state index is 0.226. The first-order valence-corrected chi connectivity index (χ1v) is 7.30. The topological polar surface area (TPSA) is 29.9 Å². The van der Waals surface area contributed by atoms with E-state index in [-0.39, 0.29) is 11.9 Å². The van der Waals surface area contributed by atoms with E-state index in [0.717, 1.165) is 29.8 Å². The van der Waals surface area contributed by atoms with Gasteiger partial charge in [-0.2, -0.15) is 0 Å². The van der Waals surface area contributed by atoms with Gasteiger partial charge < -0.3 is 9.88 Å². The van der Waals surface area contributed by atoms with Gasteiger partial charge in [-0.15, -0.1) is 0 Å². The smallest absolute Gasteiger partial charge is 0.127 e. The highest BCUT2D eigenvalue weighted by molar-refractivity contribution is 5.77. The minimum atomic E-state index is -0.226. The van der Waals surface area contributed by atoms with Crippen LogP contribution in [0, 0.1) is 5.82 Å². The number of rotatable bonds is 0. The number of nitrogens with one attached hydrogen (secondary N) is 1. The molecule has 0 saturated carbocycles. The van der Waals surface area contributed by atoms with Gasteiger partial charge in [0.15, 0.2) is 0 Å². The van der Waals surface area contributed by atoms with Crippen molar-refractivity contribution in [1.82, 2.24) is 14.9 Å². The zero-order valence-corrected chi connectivity index (χ0v) is 11.4. The van der Waals surface area contributed by atoms with E-state index in [1.165, 1.54) is 23.3 Å². The molecule has 5 rings (SSSR count). The molecule has 0 fully saturated rings. The van der Waals surface area contributed by atoms with E-state index in [4.69, 9.17) is 0 Å². The first-order valence-electron chi connectivity index (χ1n) is 7.30. The van der Waals surface area contributed by atoms with Crippen LogP contribution in [0.25, 0.3) is 11.0 Å². The van der Waals surface area contributed by atoms with Gasteiger partial charge in [-0.1, -0.05) is 24.3 Å². The second-order valence-corrected chi connectivity index (χ2v) is 5.86. The fraction of sp³-hybridized carbons (Fsp3) is 0.235. The molecule has 1 N–H and O–H groups in total. The molecule has 1 aromatic heterocycles. The molecule has 2 aromatic carbocycles. The van der Waals surface area contributed by atoms with Gasteiger partial charge in [-0.05, 0) is 29.7 Å². The van der Waals surface area contributed by atoms with Gasteiger partial charge >= 0.3 is 0 Å². The molecule has 0 amide bonds. The minimum Gasteiger partial charge on any atom is -0.319 e. The summed E-state index contributed by atoms with van der Waals surface area (Å²) >= 11 is 0. The second kappa shape index (κ2) is 3.92. The lowest BCUT2D eigenvalue weighted by Crippen LogP contribution is -2.19. The van der Waals surface area contributed by atoms with Crippen molar-refractivity contribution < 1.29 is 4.39 Å². The monoisotopic (exact) mass is 279 g/mol. The van der Waals surface area contributed by atoms with Crippen molar-refractivity contribution >= 4 is 11.0 Å². The lowest BCUT2D eigenvalue weighted by Gasteiger charge is -2.18. The first kappa shape index (κ1) is 11.5. The van der Waals surface area contributed by atoms with E-state index in [2.05, 4.69) is 39.1 Å². The molecule has 3 nitrogen and oxygen atoms in total. The largest absolute Gasteiger partial charge is 0.319 e. The summed E-state index contributed by atoms with van der Waals surface area (Å²) in [6, 6.07) is 14.0. The van der Waals surface area contributed by atoms with Crippen molar-refractivity contribution in [2.24, 2.45) is 0 Å². The molecule has 0 saturated heterocycles. The maximum absolute atomic E-state index is 13.4. The van der Waals surface area contributed by atoms with E-state index in [9.17, 15) is 4.39 Å². The molecule has 0 aliphatic carbocycles. The number of imidazole rings is 1. The molecule has 0 spiro atoms. The van der Waals surface area contributed by atoms with Crippen LogP contribution in [0.2, 0.25) is 0 Å². The van der Waals surface area contributed by atoms with Gasteiger partial charge in [0.25, 0.3) is 0 Å². The fourth-order valence-electron chi connectivity index (χ4n) is 3.79. The molecule has 3 aromatic rings. The number of halogens is 1. The van der Waals surface area contributed by atoms with Crippen molar-refractivity contribution in [3.8, 4) is 0 Å². The van der Waals surface area contributed by atoms with Crippen molar-refractivity contribution in [1.29, 1.82) is 0 Å². The molecule has 0 radical (unpaired) electrons. The van der Waals surface area contributed by atoms with Crippen LogP contribution in [0.15, 0.2) is 42.5 Å². The Bertz CT molecular complexity index is 868. The van der Waals surface area contributed by atoms with Gasteiger partial charge in [-0.25, -0.2) is 9.37 Å². The summed E-state index contributed by atoms with van der Waals surface area (Å²) in [5, 5.41) is 3.58. The quantitative estimate of drug-likeness (QED) is 0.684. The highest BCUT2D eigenvalue weighted by Crippen LogP contribution is 2.44. The first-order chi connectivity index (χ1) is 10.3. The Hall–Kier alpha value is -2.20. The summed E-state index contributed by atoms with van der Waals surface area (Å²) < 4.78 is 15.7. The number of nitrogens with zero attached hydrogens (tertiary/aromatic N) is 2. The molecule has 2 atom stereocenters. The van der Waals surface area contributed by atoms with Crippen LogP contribution in [0.4, 0.5) is 4.39 Å². The third-order valence-corrected chi connectivity index (χ3v) is 4.71. The molecule has 21 heavy (non-hydrogen) atoms. The molecule has 2 aliphatic heterocycles. The number of fused-ring (bicyclic) bond motifs is 9. The van der Waals surface area contributed by atoms with Gasteiger partial charge in [0.2, 0.25) is 0 Å². The van der Waals surface area contributed by atoms with Crippen molar-refractivity contribution in [3.63, 3.8) is 0 Å².